The van der Waals surface area contributed by atoms with E-state index in [1.165, 1.54) is 6.20 Å². The number of nitriles is 2. The number of H-pyrrole nitrogens is 1. The summed E-state index contributed by atoms with van der Waals surface area (Å²) in [5.41, 5.74) is 4.00. The van der Waals surface area contributed by atoms with Crippen molar-refractivity contribution in [3.05, 3.63) is 66.5 Å². The van der Waals surface area contributed by atoms with Crippen LogP contribution in [0.15, 0.2) is 55.4 Å². The molecule has 4 rings (SSSR count). The Kier molecular flexibility index (Phi) is 3.89. The lowest BCUT2D eigenvalue weighted by Gasteiger charge is -2.14. The number of pyridine rings is 2. The molecule has 0 aromatic carbocycles. The second kappa shape index (κ2) is 6.50. The quantitative estimate of drug-likeness (QED) is 0.614. The molecule has 0 spiro atoms. The molecule has 7 nitrogen and oxygen atoms in total. The number of aromatic nitrogens is 5. The second-order valence-corrected chi connectivity index (χ2v) is 5.80. The minimum Gasteiger partial charge on any atom is -0.346 e. The number of hydrogen-bond acceptors (Lipinski definition) is 5. The lowest BCUT2D eigenvalue weighted by molar-refractivity contribution is 0.531. The van der Waals surface area contributed by atoms with Gasteiger partial charge in [0.05, 0.1) is 30.3 Å². The van der Waals surface area contributed by atoms with E-state index in [9.17, 15) is 5.26 Å². The Morgan fingerprint density at radius 1 is 1.19 bits per heavy atom. The van der Waals surface area contributed by atoms with Crippen molar-refractivity contribution in [3.63, 3.8) is 0 Å². The summed E-state index contributed by atoms with van der Waals surface area (Å²) in [6.07, 6.45) is 10.7. The standard InChI is InChI=1S/C19H13N7/c20-4-1-18(14-7-13(8-21)9-22-10-14)26-12-15(11-25-26)16-2-5-23-19-17(16)3-6-24-19/h2-3,5-7,9-12,18H,1H2,(H,23,24). The third-order valence-electron chi connectivity index (χ3n) is 4.25. The van der Waals surface area contributed by atoms with Gasteiger partial charge in [-0.05, 0) is 29.3 Å². The van der Waals surface area contributed by atoms with Gasteiger partial charge in [-0.15, -0.1) is 0 Å². The summed E-state index contributed by atoms with van der Waals surface area (Å²) in [6.45, 7) is 0. The van der Waals surface area contributed by atoms with Gasteiger partial charge in [0.1, 0.15) is 11.7 Å². The maximum atomic E-state index is 9.23. The molecule has 26 heavy (non-hydrogen) atoms. The molecule has 4 aromatic rings. The fourth-order valence-electron chi connectivity index (χ4n) is 3.01. The van der Waals surface area contributed by atoms with E-state index in [1.807, 2.05) is 24.5 Å². The second-order valence-electron chi connectivity index (χ2n) is 5.80. The monoisotopic (exact) mass is 339 g/mol. The SMILES string of the molecule is N#CCC(c1cncc(C#N)c1)n1cc(-c2ccnc3[nH]ccc23)cn1. The molecular weight excluding hydrogens is 326 g/mol. The van der Waals surface area contributed by atoms with Crippen molar-refractivity contribution in [2.24, 2.45) is 0 Å². The Morgan fingerprint density at radius 3 is 2.96 bits per heavy atom. The summed E-state index contributed by atoms with van der Waals surface area (Å²) >= 11 is 0. The molecule has 0 radical (unpaired) electrons. The number of nitrogens with zero attached hydrogens (tertiary/aromatic N) is 6. The predicted octanol–water partition coefficient (Wildman–Crippen LogP) is 3.20. The van der Waals surface area contributed by atoms with E-state index in [4.69, 9.17) is 5.26 Å². The molecule has 7 heteroatoms. The van der Waals surface area contributed by atoms with Crippen LogP contribution in [0.3, 0.4) is 0 Å². The zero-order valence-corrected chi connectivity index (χ0v) is 13.7. The molecule has 0 fully saturated rings. The van der Waals surface area contributed by atoms with Crippen molar-refractivity contribution in [2.75, 3.05) is 0 Å². The molecule has 0 saturated carbocycles. The molecule has 0 aliphatic heterocycles. The third kappa shape index (κ3) is 2.68. The summed E-state index contributed by atoms with van der Waals surface area (Å²) in [4.78, 5) is 11.5. The van der Waals surface area contributed by atoms with Gasteiger partial charge >= 0.3 is 0 Å². The van der Waals surface area contributed by atoms with E-state index >= 15 is 0 Å². The first-order valence-electron chi connectivity index (χ1n) is 7.99. The fraction of sp³-hybridized carbons (Fsp3) is 0.105. The number of rotatable bonds is 4. The van der Waals surface area contributed by atoms with Crippen LogP contribution >= 0.6 is 0 Å². The van der Waals surface area contributed by atoms with Crippen LogP contribution in [0.2, 0.25) is 0 Å². The Labute approximate surface area is 149 Å². The number of fused-ring (bicyclic) bond motifs is 1. The minimum atomic E-state index is -0.307. The molecular formula is C19H13N7. The van der Waals surface area contributed by atoms with Crippen LogP contribution in [0.25, 0.3) is 22.2 Å². The van der Waals surface area contributed by atoms with Gasteiger partial charge in [-0.2, -0.15) is 15.6 Å². The Balaban J connectivity index is 1.76. The molecule has 0 aliphatic carbocycles. The molecule has 1 N–H and O–H groups in total. The van der Waals surface area contributed by atoms with Gasteiger partial charge in [0.2, 0.25) is 0 Å². The molecule has 0 bridgehead atoms. The molecule has 1 atom stereocenters. The summed E-state index contributed by atoms with van der Waals surface area (Å²) in [5, 5.41) is 23.8. The highest BCUT2D eigenvalue weighted by molar-refractivity contribution is 5.92. The number of hydrogen-bond donors (Lipinski definition) is 1. The van der Waals surface area contributed by atoms with Gasteiger partial charge in [-0.3, -0.25) is 9.67 Å². The number of nitrogens with one attached hydrogen (secondary N) is 1. The smallest absolute Gasteiger partial charge is 0.137 e. The van der Waals surface area contributed by atoms with Gasteiger partial charge in [-0.1, -0.05) is 0 Å². The van der Waals surface area contributed by atoms with E-state index in [2.05, 4.69) is 32.2 Å². The van der Waals surface area contributed by atoms with Crippen molar-refractivity contribution in [3.8, 4) is 23.3 Å². The minimum absolute atomic E-state index is 0.230. The summed E-state index contributed by atoms with van der Waals surface area (Å²) in [7, 11) is 0. The van der Waals surface area contributed by atoms with Gasteiger partial charge in [0.15, 0.2) is 0 Å². The maximum absolute atomic E-state index is 9.23. The zero-order chi connectivity index (χ0) is 17.9. The molecule has 124 valence electrons. The topological polar surface area (TPSA) is 107 Å². The van der Waals surface area contributed by atoms with E-state index in [1.54, 1.807) is 29.3 Å². The largest absolute Gasteiger partial charge is 0.346 e. The van der Waals surface area contributed by atoms with Crippen molar-refractivity contribution in [1.82, 2.24) is 24.7 Å². The Morgan fingerprint density at radius 2 is 2.12 bits per heavy atom. The van der Waals surface area contributed by atoms with E-state index in [-0.39, 0.29) is 12.5 Å². The molecule has 0 amide bonds. The molecule has 4 heterocycles. The average Bonchev–Trinajstić information content (AvgIpc) is 3.35. The summed E-state index contributed by atoms with van der Waals surface area (Å²) < 4.78 is 1.75. The van der Waals surface area contributed by atoms with Gasteiger partial charge < -0.3 is 4.98 Å². The maximum Gasteiger partial charge on any atom is 0.137 e. The average molecular weight is 339 g/mol. The first kappa shape index (κ1) is 15.6. The van der Waals surface area contributed by atoms with Crippen LogP contribution < -0.4 is 0 Å². The van der Waals surface area contributed by atoms with Crippen LogP contribution in [-0.2, 0) is 0 Å². The third-order valence-corrected chi connectivity index (χ3v) is 4.25. The van der Waals surface area contributed by atoms with Crippen LogP contribution in [0.1, 0.15) is 23.6 Å². The highest BCUT2D eigenvalue weighted by atomic mass is 15.3. The Bertz CT molecular complexity index is 1160. The van der Waals surface area contributed by atoms with Crippen molar-refractivity contribution in [1.29, 1.82) is 10.5 Å². The van der Waals surface area contributed by atoms with Crippen molar-refractivity contribution < 1.29 is 0 Å². The van der Waals surface area contributed by atoms with E-state index in [0.717, 1.165) is 27.7 Å². The lowest BCUT2D eigenvalue weighted by atomic mass is 10.0. The van der Waals surface area contributed by atoms with Crippen molar-refractivity contribution in [2.45, 2.75) is 12.5 Å². The highest BCUT2D eigenvalue weighted by Crippen LogP contribution is 2.29. The van der Waals surface area contributed by atoms with Crippen LogP contribution in [0.4, 0.5) is 0 Å². The van der Waals surface area contributed by atoms with Crippen LogP contribution in [0, 0.1) is 22.7 Å². The first-order valence-corrected chi connectivity index (χ1v) is 7.99. The van der Waals surface area contributed by atoms with Crippen LogP contribution in [0.5, 0.6) is 0 Å². The van der Waals surface area contributed by atoms with E-state index < -0.39 is 0 Å². The predicted molar refractivity (Wildman–Crippen MR) is 94.6 cm³/mol. The first-order chi connectivity index (χ1) is 12.8. The summed E-state index contributed by atoms with van der Waals surface area (Å²) in [5.74, 6) is 0. The molecule has 0 saturated heterocycles. The van der Waals surface area contributed by atoms with E-state index in [0.29, 0.717) is 5.56 Å². The Hall–Kier alpha value is -3.97. The number of aromatic amines is 1. The molecule has 4 aromatic heterocycles. The van der Waals surface area contributed by atoms with Crippen molar-refractivity contribution >= 4 is 11.0 Å². The molecule has 0 aliphatic rings. The van der Waals surface area contributed by atoms with Gasteiger partial charge in [0.25, 0.3) is 0 Å². The fourth-order valence-corrected chi connectivity index (χ4v) is 3.01. The normalized spacial score (nSPS) is 11.8. The highest BCUT2D eigenvalue weighted by Gasteiger charge is 2.17. The molecule has 1 unspecified atom stereocenters. The summed E-state index contributed by atoms with van der Waals surface area (Å²) in [6, 6.07) is 9.62. The van der Waals surface area contributed by atoms with Crippen LogP contribution in [-0.4, -0.2) is 24.7 Å². The lowest BCUT2D eigenvalue weighted by Crippen LogP contribution is -2.11. The van der Waals surface area contributed by atoms with Gasteiger partial charge in [0, 0.05) is 41.9 Å². The zero-order valence-electron chi connectivity index (χ0n) is 13.7. The van der Waals surface area contributed by atoms with Gasteiger partial charge in [-0.25, -0.2) is 4.98 Å².